The van der Waals surface area contributed by atoms with Crippen LogP contribution in [0.4, 0.5) is 0 Å². The molecule has 0 radical (unpaired) electrons. The Bertz CT molecular complexity index is 459. The van der Waals surface area contributed by atoms with Gasteiger partial charge in [-0.1, -0.05) is 30.7 Å². The molecule has 3 heteroatoms. The van der Waals surface area contributed by atoms with E-state index in [4.69, 9.17) is 0 Å². The van der Waals surface area contributed by atoms with Gasteiger partial charge in [-0.25, -0.2) is 0 Å². The summed E-state index contributed by atoms with van der Waals surface area (Å²) < 4.78 is 0. The molecule has 1 heterocycles. The van der Waals surface area contributed by atoms with E-state index in [0.717, 1.165) is 18.5 Å². The van der Waals surface area contributed by atoms with E-state index in [0.29, 0.717) is 6.42 Å². The minimum Gasteiger partial charge on any atom is -0.481 e. The fourth-order valence-corrected chi connectivity index (χ4v) is 2.88. The number of hydrogen-bond donors (Lipinski definition) is 1. The number of piperidine rings is 1. The highest BCUT2D eigenvalue weighted by molar-refractivity contribution is 5.74. The first kappa shape index (κ1) is 16.0. The lowest BCUT2D eigenvalue weighted by Gasteiger charge is -2.26. The smallest absolute Gasteiger partial charge is 0.309 e. The molecule has 0 atom stereocenters. The van der Waals surface area contributed by atoms with E-state index >= 15 is 0 Å². The van der Waals surface area contributed by atoms with Gasteiger partial charge in [0.2, 0.25) is 0 Å². The third-order valence-electron chi connectivity index (χ3n) is 4.41. The van der Waals surface area contributed by atoms with Crippen LogP contribution in [0.3, 0.4) is 0 Å². The zero-order valence-electron chi connectivity index (χ0n) is 13.3. The highest BCUT2D eigenvalue weighted by Crippen LogP contribution is 2.22. The Morgan fingerprint density at radius 2 is 1.67 bits per heavy atom. The molecule has 116 valence electrons. The largest absolute Gasteiger partial charge is 0.481 e. The second-order valence-corrected chi connectivity index (χ2v) is 6.83. The summed E-state index contributed by atoms with van der Waals surface area (Å²) in [5.41, 5.74) is 1.75. The summed E-state index contributed by atoms with van der Waals surface area (Å²) in [5.74, 6) is -0.739. The number of carbonyl (C=O) groups is 1. The van der Waals surface area contributed by atoms with Crippen molar-refractivity contribution in [1.82, 2.24) is 4.90 Å². The molecule has 0 aliphatic carbocycles. The van der Waals surface area contributed by atoms with Crippen molar-refractivity contribution in [1.29, 1.82) is 0 Å². The number of carboxylic acids is 1. The lowest BCUT2D eigenvalue weighted by molar-refractivity contribution is -0.146. The number of aliphatic carboxylic acids is 1. The second-order valence-electron chi connectivity index (χ2n) is 6.83. The van der Waals surface area contributed by atoms with Crippen molar-refractivity contribution in [2.45, 2.75) is 46.0 Å². The van der Waals surface area contributed by atoms with Crippen LogP contribution in [-0.4, -0.2) is 35.6 Å². The van der Waals surface area contributed by atoms with E-state index in [1.807, 2.05) is 0 Å². The number of hydrogen-bond acceptors (Lipinski definition) is 2. The van der Waals surface area contributed by atoms with E-state index in [-0.39, 0.29) is 0 Å². The van der Waals surface area contributed by atoms with Crippen LogP contribution in [0.2, 0.25) is 0 Å². The van der Waals surface area contributed by atoms with Crippen molar-refractivity contribution in [3.63, 3.8) is 0 Å². The van der Waals surface area contributed by atoms with Crippen LogP contribution in [0.15, 0.2) is 24.3 Å². The summed E-state index contributed by atoms with van der Waals surface area (Å²) in [4.78, 5) is 13.7. The Hall–Kier alpha value is -1.35. The van der Waals surface area contributed by atoms with Crippen molar-refractivity contribution >= 4 is 5.97 Å². The molecule has 1 fully saturated rings. The van der Waals surface area contributed by atoms with E-state index < -0.39 is 11.4 Å². The Morgan fingerprint density at radius 3 is 2.24 bits per heavy atom. The van der Waals surface area contributed by atoms with Gasteiger partial charge in [-0.05, 0) is 63.7 Å². The first-order valence-electron chi connectivity index (χ1n) is 8.01. The summed E-state index contributed by atoms with van der Waals surface area (Å²) in [6, 6.07) is 8.46. The van der Waals surface area contributed by atoms with Gasteiger partial charge in [0.1, 0.15) is 0 Å². The number of rotatable bonds is 6. The lowest BCUT2D eigenvalue weighted by atomic mass is 9.86. The first-order chi connectivity index (χ1) is 9.97. The van der Waals surface area contributed by atoms with Gasteiger partial charge in [0.25, 0.3) is 0 Å². The maximum atomic E-state index is 11.2. The SMILES string of the molecule is CC(C)(Cc1ccc(CCN2CCCCC2)cc1)C(=O)O. The summed E-state index contributed by atoms with van der Waals surface area (Å²) in [7, 11) is 0. The van der Waals surface area contributed by atoms with Crippen LogP contribution in [0.5, 0.6) is 0 Å². The molecule has 1 saturated heterocycles. The molecule has 1 aliphatic heterocycles. The predicted octanol–water partition coefficient (Wildman–Crippen LogP) is 3.37. The Labute approximate surface area is 128 Å². The Morgan fingerprint density at radius 1 is 1.10 bits per heavy atom. The zero-order valence-corrected chi connectivity index (χ0v) is 13.3. The Kier molecular flexibility index (Phi) is 5.40. The van der Waals surface area contributed by atoms with Gasteiger partial charge < -0.3 is 10.0 Å². The normalized spacial score (nSPS) is 16.9. The minimum atomic E-state index is -0.739. The highest BCUT2D eigenvalue weighted by Gasteiger charge is 2.27. The average molecular weight is 289 g/mol. The van der Waals surface area contributed by atoms with Crippen molar-refractivity contribution in [3.8, 4) is 0 Å². The molecule has 1 aromatic carbocycles. The maximum absolute atomic E-state index is 11.2. The van der Waals surface area contributed by atoms with Crippen LogP contribution in [0.1, 0.15) is 44.2 Å². The molecular formula is C18H27NO2. The van der Waals surface area contributed by atoms with E-state index in [2.05, 4.69) is 29.2 Å². The highest BCUT2D eigenvalue weighted by atomic mass is 16.4. The van der Waals surface area contributed by atoms with Crippen molar-refractivity contribution in [2.24, 2.45) is 5.41 Å². The molecule has 1 aromatic rings. The number of carboxylic acid groups (broad SMARTS) is 1. The van der Waals surface area contributed by atoms with Crippen molar-refractivity contribution < 1.29 is 9.90 Å². The molecule has 0 amide bonds. The van der Waals surface area contributed by atoms with Crippen molar-refractivity contribution in [2.75, 3.05) is 19.6 Å². The fraction of sp³-hybridized carbons (Fsp3) is 0.611. The third-order valence-corrected chi connectivity index (χ3v) is 4.41. The standard InChI is InChI=1S/C18H27NO2/c1-18(2,17(20)21)14-16-8-6-15(7-9-16)10-13-19-11-4-3-5-12-19/h6-9H,3-5,10-14H2,1-2H3,(H,20,21). The predicted molar refractivity (Wildman–Crippen MR) is 85.6 cm³/mol. The minimum absolute atomic E-state index is 0.578. The third kappa shape index (κ3) is 4.85. The monoisotopic (exact) mass is 289 g/mol. The summed E-state index contributed by atoms with van der Waals surface area (Å²) in [6.07, 6.45) is 5.72. The number of nitrogens with zero attached hydrogens (tertiary/aromatic N) is 1. The van der Waals surface area contributed by atoms with Crippen molar-refractivity contribution in [3.05, 3.63) is 35.4 Å². The Balaban J connectivity index is 1.85. The van der Waals surface area contributed by atoms with Crippen LogP contribution in [0, 0.1) is 5.41 Å². The second kappa shape index (κ2) is 7.08. The van der Waals surface area contributed by atoms with Gasteiger partial charge in [0, 0.05) is 6.54 Å². The topological polar surface area (TPSA) is 40.5 Å². The molecule has 3 nitrogen and oxygen atoms in total. The molecule has 21 heavy (non-hydrogen) atoms. The molecule has 1 N–H and O–H groups in total. The average Bonchev–Trinajstić information content (AvgIpc) is 2.47. The van der Waals surface area contributed by atoms with Gasteiger partial charge in [0.05, 0.1) is 5.41 Å². The van der Waals surface area contributed by atoms with E-state index in [1.54, 1.807) is 13.8 Å². The van der Waals surface area contributed by atoms with E-state index in [1.165, 1.54) is 37.9 Å². The first-order valence-corrected chi connectivity index (χ1v) is 8.01. The van der Waals surface area contributed by atoms with Gasteiger partial charge in [0.15, 0.2) is 0 Å². The molecular weight excluding hydrogens is 262 g/mol. The molecule has 0 unspecified atom stereocenters. The lowest BCUT2D eigenvalue weighted by Crippen LogP contribution is -2.31. The summed E-state index contributed by atoms with van der Waals surface area (Å²) in [6.45, 7) is 7.18. The molecule has 0 aromatic heterocycles. The van der Waals surface area contributed by atoms with Gasteiger partial charge in [-0.15, -0.1) is 0 Å². The summed E-state index contributed by atoms with van der Waals surface area (Å²) >= 11 is 0. The van der Waals surface area contributed by atoms with Gasteiger partial charge >= 0.3 is 5.97 Å². The fourth-order valence-electron chi connectivity index (χ4n) is 2.88. The van der Waals surface area contributed by atoms with Gasteiger partial charge in [-0.2, -0.15) is 0 Å². The molecule has 0 bridgehead atoms. The van der Waals surface area contributed by atoms with Gasteiger partial charge in [-0.3, -0.25) is 4.79 Å². The van der Waals surface area contributed by atoms with Crippen LogP contribution >= 0.6 is 0 Å². The molecule has 0 spiro atoms. The maximum Gasteiger partial charge on any atom is 0.309 e. The van der Waals surface area contributed by atoms with E-state index in [9.17, 15) is 9.90 Å². The molecule has 0 saturated carbocycles. The van der Waals surface area contributed by atoms with Crippen LogP contribution in [-0.2, 0) is 17.6 Å². The quantitative estimate of drug-likeness (QED) is 0.873. The number of likely N-dealkylation sites (tertiary alicyclic amines) is 1. The zero-order chi connectivity index (χ0) is 15.3. The summed E-state index contributed by atoms with van der Waals surface area (Å²) in [5, 5.41) is 9.18. The van der Waals surface area contributed by atoms with Crippen LogP contribution in [0.25, 0.3) is 0 Å². The number of benzene rings is 1. The van der Waals surface area contributed by atoms with Crippen LogP contribution < -0.4 is 0 Å². The molecule has 1 aliphatic rings. The molecule has 2 rings (SSSR count).